The molecule has 0 N–H and O–H groups in total. The largest absolute Gasteiger partial charge is 0.493 e. The molecule has 3 aliphatic heterocycles. The Morgan fingerprint density at radius 1 is 1.07 bits per heavy atom. The van der Waals surface area contributed by atoms with Gasteiger partial charge in [0, 0.05) is 12.1 Å². The first-order valence-corrected chi connectivity index (χ1v) is 9.21. The van der Waals surface area contributed by atoms with Crippen molar-refractivity contribution in [3.8, 4) is 23.0 Å². The first-order valence-electron chi connectivity index (χ1n) is 9.21. The summed E-state index contributed by atoms with van der Waals surface area (Å²) in [4.78, 5) is 14.9. The normalized spacial score (nSPS) is 22.5. The number of hydrogen-bond acceptors (Lipinski definition) is 7. The lowest BCUT2D eigenvalue weighted by molar-refractivity contribution is 0.00928. The lowest BCUT2D eigenvalue weighted by Gasteiger charge is -2.38. The van der Waals surface area contributed by atoms with Gasteiger partial charge in [-0.15, -0.1) is 0 Å². The molecule has 7 heteroatoms. The standard InChI is InChI=1S/C21H21NO6/c1-22-7-6-11-8-15(24-2)16(25-3)9-13(11)18(22)19-12-4-5-14-20(27-10-26-14)17(12)21(23)28-19/h4-5,8-9,18-19H,6-7,10H2,1-3H3/t18?,19-/m0/s1. The summed E-state index contributed by atoms with van der Waals surface area (Å²) in [6, 6.07) is 7.63. The van der Waals surface area contributed by atoms with Crippen molar-refractivity contribution < 1.29 is 28.5 Å². The van der Waals surface area contributed by atoms with Gasteiger partial charge in [0.25, 0.3) is 0 Å². The molecule has 2 atom stereocenters. The first-order chi connectivity index (χ1) is 13.6. The van der Waals surface area contributed by atoms with Gasteiger partial charge in [-0.2, -0.15) is 0 Å². The number of rotatable bonds is 3. The highest BCUT2D eigenvalue weighted by molar-refractivity contribution is 5.98. The van der Waals surface area contributed by atoms with Crippen molar-refractivity contribution in [1.29, 1.82) is 0 Å². The maximum atomic E-state index is 12.7. The average Bonchev–Trinajstić information content (AvgIpc) is 3.31. The molecule has 0 radical (unpaired) electrons. The summed E-state index contributed by atoms with van der Waals surface area (Å²) >= 11 is 0. The van der Waals surface area contributed by atoms with Gasteiger partial charge in [0.1, 0.15) is 11.7 Å². The van der Waals surface area contributed by atoms with E-state index in [0.29, 0.717) is 28.6 Å². The van der Waals surface area contributed by atoms with Crippen LogP contribution in [0.4, 0.5) is 0 Å². The predicted molar refractivity (Wildman–Crippen MR) is 99.3 cm³/mol. The second-order valence-corrected chi connectivity index (χ2v) is 7.17. The van der Waals surface area contributed by atoms with Crippen LogP contribution in [0.15, 0.2) is 24.3 Å². The molecule has 0 saturated carbocycles. The van der Waals surface area contributed by atoms with Crippen molar-refractivity contribution in [3.05, 3.63) is 46.5 Å². The highest BCUT2D eigenvalue weighted by Gasteiger charge is 2.44. The van der Waals surface area contributed by atoms with Crippen LogP contribution in [0.2, 0.25) is 0 Å². The third-order valence-corrected chi connectivity index (χ3v) is 5.78. The summed E-state index contributed by atoms with van der Waals surface area (Å²) in [5.74, 6) is 2.06. The molecular weight excluding hydrogens is 362 g/mol. The van der Waals surface area contributed by atoms with Crippen molar-refractivity contribution in [1.82, 2.24) is 4.90 Å². The van der Waals surface area contributed by atoms with Crippen LogP contribution in [-0.4, -0.2) is 45.5 Å². The van der Waals surface area contributed by atoms with Crippen LogP contribution in [0.3, 0.4) is 0 Å². The first kappa shape index (κ1) is 17.2. The van der Waals surface area contributed by atoms with E-state index >= 15 is 0 Å². The van der Waals surface area contributed by atoms with Crippen LogP contribution in [0.1, 0.15) is 39.2 Å². The van der Waals surface area contributed by atoms with E-state index < -0.39 is 6.10 Å². The average molecular weight is 383 g/mol. The Bertz CT molecular complexity index is 972. The fourth-order valence-electron chi connectivity index (χ4n) is 4.40. The van der Waals surface area contributed by atoms with Crippen molar-refractivity contribution in [2.24, 2.45) is 0 Å². The third-order valence-electron chi connectivity index (χ3n) is 5.78. The van der Waals surface area contributed by atoms with Crippen LogP contribution >= 0.6 is 0 Å². The molecule has 0 fully saturated rings. The number of nitrogens with zero attached hydrogens (tertiary/aromatic N) is 1. The van der Waals surface area contributed by atoms with Crippen LogP contribution in [0, 0.1) is 0 Å². The van der Waals surface area contributed by atoms with E-state index in [9.17, 15) is 4.79 Å². The molecular formula is C21H21NO6. The van der Waals surface area contributed by atoms with Gasteiger partial charge in [0.15, 0.2) is 23.0 Å². The van der Waals surface area contributed by atoms with Gasteiger partial charge in [-0.1, -0.05) is 6.07 Å². The van der Waals surface area contributed by atoms with Gasteiger partial charge < -0.3 is 23.7 Å². The van der Waals surface area contributed by atoms with Gasteiger partial charge in [0.05, 0.1) is 20.3 Å². The smallest absolute Gasteiger partial charge is 0.343 e. The third kappa shape index (κ3) is 2.36. The summed E-state index contributed by atoms with van der Waals surface area (Å²) in [6.07, 6.45) is 0.455. The number of esters is 1. The summed E-state index contributed by atoms with van der Waals surface area (Å²) in [5, 5.41) is 0. The van der Waals surface area contributed by atoms with E-state index in [1.807, 2.05) is 31.3 Å². The SMILES string of the molecule is COc1cc2c(cc1OC)C([C@H]1OC(=O)c3c1ccc1c3OCO1)N(C)CC2. The molecule has 0 bridgehead atoms. The summed E-state index contributed by atoms with van der Waals surface area (Å²) in [6.45, 7) is 0.966. The number of carbonyl (C=O) groups excluding carboxylic acids is 1. The highest BCUT2D eigenvalue weighted by Crippen LogP contribution is 2.51. The summed E-state index contributed by atoms with van der Waals surface area (Å²) in [5.41, 5.74) is 3.55. The Kier molecular flexibility index (Phi) is 3.87. The zero-order valence-electron chi connectivity index (χ0n) is 16.0. The zero-order valence-corrected chi connectivity index (χ0v) is 16.0. The van der Waals surface area contributed by atoms with Crippen molar-refractivity contribution in [3.63, 3.8) is 0 Å². The van der Waals surface area contributed by atoms with E-state index in [1.165, 1.54) is 5.56 Å². The molecule has 146 valence electrons. The molecule has 0 saturated heterocycles. The Labute approximate surface area is 162 Å². The minimum Gasteiger partial charge on any atom is -0.493 e. The van der Waals surface area contributed by atoms with Gasteiger partial charge in [-0.25, -0.2) is 4.79 Å². The number of fused-ring (bicyclic) bond motifs is 4. The lowest BCUT2D eigenvalue weighted by atomic mass is 9.86. The minimum absolute atomic E-state index is 0.118. The molecule has 0 amide bonds. The zero-order chi connectivity index (χ0) is 19.4. The van der Waals surface area contributed by atoms with E-state index in [4.69, 9.17) is 23.7 Å². The quantitative estimate of drug-likeness (QED) is 0.755. The Balaban J connectivity index is 1.63. The second kappa shape index (κ2) is 6.31. The van der Waals surface area contributed by atoms with Gasteiger partial charge in [-0.3, -0.25) is 4.90 Å². The molecule has 7 nitrogen and oxygen atoms in total. The van der Waals surface area contributed by atoms with Gasteiger partial charge in [0.2, 0.25) is 6.79 Å². The molecule has 0 spiro atoms. The van der Waals surface area contributed by atoms with E-state index in [2.05, 4.69) is 4.90 Å². The Morgan fingerprint density at radius 3 is 2.64 bits per heavy atom. The predicted octanol–water partition coefficient (Wildman–Crippen LogP) is 2.87. The summed E-state index contributed by atoms with van der Waals surface area (Å²) < 4.78 is 27.8. The molecule has 3 heterocycles. The minimum atomic E-state index is -0.431. The van der Waals surface area contributed by atoms with Crippen molar-refractivity contribution >= 4 is 5.97 Å². The van der Waals surface area contributed by atoms with E-state index in [-0.39, 0.29) is 18.8 Å². The number of carbonyl (C=O) groups is 1. The lowest BCUT2D eigenvalue weighted by Crippen LogP contribution is -2.36. The molecule has 3 aliphatic rings. The fraction of sp³-hybridized carbons (Fsp3) is 0.381. The molecule has 0 aliphatic carbocycles. The molecule has 1 unspecified atom stereocenters. The fourth-order valence-corrected chi connectivity index (χ4v) is 4.40. The number of cyclic esters (lactones) is 1. The monoisotopic (exact) mass is 383 g/mol. The van der Waals surface area contributed by atoms with E-state index in [1.54, 1.807) is 14.2 Å². The van der Waals surface area contributed by atoms with E-state index in [0.717, 1.165) is 24.1 Å². The topological polar surface area (TPSA) is 66.5 Å². The molecule has 28 heavy (non-hydrogen) atoms. The van der Waals surface area contributed by atoms with Crippen LogP contribution in [0.5, 0.6) is 23.0 Å². The Hall–Kier alpha value is -2.93. The maximum Gasteiger partial charge on any atom is 0.343 e. The maximum absolute atomic E-state index is 12.7. The highest BCUT2D eigenvalue weighted by atomic mass is 16.7. The van der Waals surface area contributed by atoms with Crippen LogP contribution in [0.25, 0.3) is 0 Å². The molecule has 2 aromatic rings. The number of benzene rings is 2. The Morgan fingerprint density at radius 2 is 1.86 bits per heavy atom. The second-order valence-electron chi connectivity index (χ2n) is 7.17. The molecule has 0 aromatic heterocycles. The molecule has 2 aromatic carbocycles. The van der Waals surface area contributed by atoms with Crippen molar-refractivity contribution in [2.45, 2.75) is 18.6 Å². The number of hydrogen-bond donors (Lipinski definition) is 0. The van der Waals surface area contributed by atoms with Gasteiger partial charge >= 0.3 is 5.97 Å². The van der Waals surface area contributed by atoms with Crippen LogP contribution < -0.4 is 18.9 Å². The summed E-state index contributed by atoms with van der Waals surface area (Å²) in [7, 11) is 5.30. The van der Waals surface area contributed by atoms with Crippen LogP contribution in [-0.2, 0) is 11.2 Å². The number of ether oxygens (including phenoxy) is 5. The molecule has 5 rings (SSSR count). The van der Waals surface area contributed by atoms with Crippen molar-refractivity contribution in [2.75, 3.05) is 34.6 Å². The van der Waals surface area contributed by atoms with Gasteiger partial charge in [-0.05, 0) is 42.8 Å². The number of methoxy groups -OCH3 is 2. The number of likely N-dealkylation sites (N-methyl/N-ethyl adjacent to an activating group) is 1.